The van der Waals surface area contributed by atoms with Crippen LogP contribution in [0.25, 0.3) is 0 Å². The molecule has 0 saturated heterocycles. The van der Waals surface area contributed by atoms with Crippen molar-refractivity contribution in [1.29, 1.82) is 0 Å². The monoisotopic (exact) mass is 165 g/mol. The maximum absolute atomic E-state index is 13.0. The fourth-order valence-electron chi connectivity index (χ4n) is 1.15. The molecule has 0 atom stereocenters. The molecule has 0 saturated carbocycles. The van der Waals surface area contributed by atoms with Crippen molar-refractivity contribution in [2.24, 2.45) is 0 Å². The van der Waals surface area contributed by atoms with Crippen LogP contribution in [-0.2, 0) is 6.42 Å². The summed E-state index contributed by atoms with van der Waals surface area (Å²) in [5.74, 6) is -0.341. The third kappa shape index (κ3) is 1.64. The molecular weight excluding hydrogens is 153 g/mol. The lowest BCUT2D eigenvalue weighted by molar-refractivity contribution is 0.630. The van der Waals surface area contributed by atoms with E-state index in [0.29, 0.717) is 6.42 Å². The number of hydrogen-bond donors (Lipinski definition) is 1. The second-order valence-corrected chi connectivity index (χ2v) is 2.81. The Morgan fingerprint density at radius 3 is 2.83 bits per heavy atom. The van der Waals surface area contributed by atoms with Gasteiger partial charge in [0.1, 0.15) is 5.82 Å². The molecule has 1 rings (SSSR count). The number of rotatable bonds is 2. The van der Waals surface area contributed by atoms with Gasteiger partial charge in [0.05, 0.1) is 5.69 Å². The van der Waals surface area contributed by atoms with Gasteiger partial charge in [0.15, 0.2) is 0 Å². The first kappa shape index (κ1) is 8.78. The largest absolute Gasteiger partial charge is 0.396 e. The topological polar surface area (TPSA) is 26.0 Å². The zero-order valence-corrected chi connectivity index (χ0v) is 7.10. The molecule has 0 aromatic heterocycles. The highest BCUT2D eigenvalue weighted by atomic mass is 19.1. The summed E-state index contributed by atoms with van der Waals surface area (Å²) in [5, 5.41) is 0. The normalized spacial score (nSPS) is 9.83. The molecule has 1 aromatic rings. The molecule has 0 fully saturated rings. The molecule has 0 heterocycles. The van der Waals surface area contributed by atoms with E-state index in [-0.39, 0.29) is 11.5 Å². The van der Waals surface area contributed by atoms with E-state index in [1.807, 2.05) is 13.0 Å². The predicted molar refractivity (Wildman–Crippen MR) is 49.5 cm³/mol. The van der Waals surface area contributed by atoms with Crippen LogP contribution in [0.2, 0.25) is 0 Å². The summed E-state index contributed by atoms with van der Waals surface area (Å²) in [4.78, 5) is 0. The van der Waals surface area contributed by atoms with Crippen molar-refractivity contribution >= 4 is 5.69 Å². The second kappa shape index (κ2) is 3.39. The lowest BCUT2D eigenvalue weighted by atomic mass is 10.1. The van der Waals surface area contributed by atoms with Gasteiger partial charge in [-0.3, -0.25) is 0 Å². The van der Waals surface area contributed by atoms with Gasteiger partial charge in [0.25, 0.3) is 0 Å². The highest BCUT2D eigenvalue weighted by Gasteiger charge is 2.03. The summed E-state index contributed by atoms with van der Waals surface area (Å²) in [6, 6.07) is 3.31. The van der Waals surface area contributed by atoms with Gasteiger partial charge in [0, 0.05) is 0 Å². The fourth-order valence-corrected chi connectivity index (χ4v) is 1.15. The minimum Gasteiger partial charge on any atom is -0.396 e. The number of halogens is 1. The minimum atomic E-state index is -0.341. The van der Waals surface area contributed by atoms with E-state index < -0.39 is 0 Å². The third-order valence-electron chi connectivity index (χ3n) is 1.72. The average Bonchev–Trinajstić information content (AvgIpc) is 2.00. The van der Waals surface area contributed by atoms with Crippen molar-refractivity contribution in [3.8, 4) is 0 Å². The fraction of sp³-hybridized carbons (Fsp3) is 0.200. The molecule has 1 aromatic carbocycles. The van der Waals surface area contributed by atoms with Gasteiger partial charge in [-0.1, -0.05) is 12.1 Å². The quantitative estimate of drug-likeness (QED) is 0.528. The molecule has 2 N–H and O–H groups in total. The molecule has 0 unspecified atom stereocenters. The molecule has 0 aliphatic carbocycles. The van der Waals surface area contributed by atoms with Crippen molar-refractivity contribution in [3.63, 3.8) is 0 Å². The number of aryl methyl sites for hydroxylation is 1. The molecule has 0 amide bonds. The average molecular weight is 165 g/mol. The van der Waals surface area contributed by atoms with Crippen LogP contribution in [0.15, 0.2) is 24.8 Å². The van der Waals surface area contributed by atoms with Gasteiger partial charge in [-0.15, -0.1) is 6.58 Å². The lowest BCUT2D eigenvalue weighted by Crippen LogP contribution is -1.97. The van der Waals surface area contributed by atoms with Crippen LogP contribution >= 0.6 is 0 Å². The zero-order chi connectivity index (χ0) is 9.14. The Hall–Kier alpha value is -1.31. The van der Waals surface area contributed by atoms with Gasteiger partial charge in [-0.25, -0.2) is 4.39 Å². The third-order valence-corrected chi connectivity index (χ3v) is 1.72. The van der Waals surface area contributed by atoms with Crippen molar-refractivity contribution in [1.82, 2.24) is 0 Å². The summed E-state index contributed by atoms with van der Waals surface area (Å²) in [5.41, 5.74) is 7.45. The lowest BCUT2D eigenvalue weighted by Gasteiger charge is -2.05. The number of nitrogens with two attached hydrogens (primary N) is 1. The van der Waals surface area contributed by atoms with Crippen LogP contribution in [0.3, 0.4) is 0 Å². The molecule has 0 spiro atoms. The van der Waals surface area contributed by atoms with Gasteiger partial charge in [-0.05, 0) is 30.5 Å². The van der Waals surface area contributed by atoms with Crippen LogP contribution in [0.5, 0.6) is 0 Å². The van der Waals surface area contributed by atoms with E-state index in [1.54, 1.807) is 6.08 Å². The maximum atomic E-state index is 13.0. The number of allylic oxidation sites excluding steroid dienone is 1. The maximum Gasteiger partial charge on any atom is 0.146 e. The van der Waals surface area contributed by atoms with E-state index in [1.165, 1.54) is 6.07 Å². The van der Waals surface area contributed by atoms with Crippen LogP contribution in [0, 0.1) is 12.7 Å². The molecule has 0 aliphatic rings. The summed E-state index contributed by atoms with van der Waals surface area (Å²) in [6.45, 7) is 5.42. The number of hydrogen-bond acceptors (Lipinski definition) is 1. The van der Waals surface area contributed by atoms with Gasteiger partial charge in [0.2, 0.25) is 0 Å². The Bertz CT molecular complexity index is 305. The Morgan fingerprint density at radius 2 is 2.25 bits per heavy atom. The SMILES string of the molecule is C=CCc1cc(C)cc(F)c1N. The molecule has 0 aliphatic heterocycles. The Labute approximate surface area is 71.7 Å². The van der Waals surface area contributed by atoms with Crippen LogP contribution in [0.4, 0.5) is 10.1 Å². The van der Waals surface area contributed by atoms with E-state index in [2.05, 4.69) is 6.58 Å². The summed E-state index contributed by atoms with van der Waals surface area (Å²) in [6.07, 6.45) is 2.33. The second-order valence-electron chi connectivity index (χ2n) is 2.81. The standard InChI is InChI=1S/C10H12FN/c1-3-4-8-5-7(2)6-9(11)10(8)12/h3,5-6H,1,4,12H2,2H3. The Kier molecular flexibility index (Phi) is 2.48. The first-order valence-corrected chi connectivity index (χ1v) is 3.80. The van der Waals surface area contributed by atoms with Crippen molar-refractivity contribution in [2.45, 2.75) is 13.3 Å². The van der Waals surface area contributed by atoms with E-state index in [4.69, 9.17) is 5.73 Å². The first-order valence-electron chi connectivity index (χ1n) is 3.80. The predicted octanol–water partition coefficient (Wildman–Crippen LogP) is 2.44. The summed E-state index contributed by atoms with van der Waals surface area (Å²) in [7, 11) is 0. The van der Waals surface area contributed by atoms with Crippen LogP contribution in [-0.4, -0.2) is 0 Å². The van der Waals surface area contributed by atoms with Gasteiger partial charge >= 0.3 is 0 Å². The summed E-state index contributed by atoms with van der Waals surface area (Å²) >= 11 is 0. The smallest absolute Gasteiger partial charge is 0.146 e. The zero-order valence-electron chi connectivity index (χ0n) is 7.10. The Balaban J connectivity index is 3.17. The van der Waals surface area contributed by atoms with Crippen molar-refractivity contribution < 1.29 is 4.39 Å². The number of benzene rings is 1. The molecule has 12 heavy (non-hydrogen) atoms. The number of nitrogen functional groups attached to an aromatic ring is 1. The van der Waals surface area contributed by atoms with Crippen molar-refractivity contribution in [2.75, 3.05) is 5.73 Å². The van der Waals surface area contributed by atoms with Crippen LogP contribution < -0.4 is 5.73 Å². The molecular formula is C10H12FN. The molecule has 0 bridgehead atoms. The van der Waals surface area contributed by atoms with Gasteiger partial charge in [-0.2, -0.15) is 0 Å². The van der Waals surface area contributed by atoms with Crippen molar-refractivity contribution in [3.05, 3.63) is 41.7 Å². The van der Waals surface area contributed by atoms with Gasteiger partial charge < -0.3 is 5.73 Å². The molecule has 64 valence electrons. The van der Waals surface area contributed by atoms with E-state index in [9.17, 15) is 4.39 Å². The van der Waals surface area contributed by atoms with Crippen LogP contribution in [0.1, 0.15) is 11.1 Å². The Morgan fingerprint density at radius 1 is 1.58 bits per heavy atom. The minimum absolute atomic E-state index is 0.237. The molecule has 0 radical (unpaired) electrons. The van der Waals surface area contributed by atoms with E-state index in [0.717, 1.165) is 11.1 Å². The highest BCUT2D eigenvalue weighted by Crippen LogP contribution is 2.18. The molecule has 2 heteroatoms. The first-order chi connectivity index (χ1) is 5.65. The number of anilines is 1. The molecule has 1 nitrogen and oxygen atoms in total. The van der Waals surface area contributed by atoms with E-state index >= 15 is 0 Å². The highest BCUT2D eigenvalue weighted by molar-refractivity contribution is 5.50. The summed E-state index contributed by atoms with van der Waals surface area (Å²) < 4.78 is 13.0.